The second-order valence-corrected chi connectivity index (χ2v) is 7.00. The smallest absolute Gasteiger partial charge is 0.148 e. The molecule has 1 aromatic heterocycles. The molecule has 108 valence electrons. The molecule has 1 N–H and O–H groups in total. The van der Waals surface area contributed by atoms with Gasteiger partial charge >= 0.3 is 0 Å². The standard InChI is InChI=1S/C15H20BrN3S/c1-10(2)17-9-5-8-13-18-19-15(20-13)12-7-4-6-11(3)14(12)16/h4,6-7,10,17H,5,8-9H2,1-3H3. The van der Waals surface area contributed by atoms with Crippen molar-refractivity contribution < 1.29 is 0 Å². The fourth-order valence-corrected chi connectivity index (χ4v) is 3.40. The van der Waals surface area contributed by atoms with Crippen molar-refractivity contribution in [2.75, 3.05) is 6.54 Å². The maximum absolute atomic E-state index is 4.32. The van der Waals surface area contributed by atoms with E-state index in [2.05, 4.69) is 70.4 Å². The van der Waals surface area contributed by atoms with Gasteiger partial charge < -0.3 is 5.32 Å². The van der Waals surface area contributed by atoms with Crippen LogP contribution in [0.4, 0.5) is 0 Å². The lowest BCUT2D eigenvalue weighted by atomic mass is 10.1. The number of benzene rings is 1. The van der Waals surface area contributed by atoms with Crippen LogP contribution in [0.15, 0.2) is 22.7 Å². The molecule has 0 spiro atoms. The minimum Gasteiger partial charge on any atom is -0.315 e. The first kappa shape index (κ1) is 15.6. The first-order chi connectivity index (χ1) is 9.58. The van der Waals surface area contributed by atoms with Crippen LogP contribution in [0.1, 0.15) is 30.8 Å². The number of halogens is 1. The molecule has 0 atom stereocenters. The third kappa shape index (κ3) is 4.11. The van der Waals surface area contributed by atoms with Crippen molar-refractivity contribution in [1.82, 2.24) is 15.5 Å². The fourth-order valence-electron chi connectivity index (χ4n) is 1.91. The number of aromatic nitrogens is 2. The van der Waals surface area contributed by atoms with E-state index in [-0.39, 0.29) is 0 Å². The van der Waals surface area contributed by atoms with E-state index < -0.39 is 0 Å². The predicted molar refractivity (Wildman–Crippen MR) is 89.2 cm³/mol. The summed E-state index contributed by atoms with van der Waals surface area (Å²) in [4.78, 5) is 0. The molecule has 1 aromatic carbocycles. The van der Waals surface area contributed by atoms with Gasteiger partial charge in [-0.2, -0.15) is 0 Å². The lowest BCUT2D eigenvalue weighted by Crippen LogP contribution is -2.23. The zero-order valence-electron chi connectivity index (χ0n) is 12.1. The van der Waals surface area contributed by atoms with Crippen molar-refractivity contribution in [1.29, 1.82) is 0 Å². The normalized spacial score (nSPS) is 11.2. The number of hydrogen-bond acceptors (Lipinski definition) is 4. The van der Waals surface area contributed by atoms with Crippen molar-refractivity contribution >= 4 is 27.3 Å². The highest BCUT2D eigenvalue weighted by Gasteiger charge is 2.10. The summed E-state index contributed by atoms with van der Waals surface area (Å²) >= 11 is 5.32. The van der Waals surface area contributed by atoms with Gasteiger partial charge in [0.05, 0.1) is 0 Å². The maximum atomic E-state index is 4.32. The lowest BCUT2D eigenvalue weighted by molar-refractivity contribution is 0.569. The molecule has 0 aliphatic heterocycles. The largest absolute Gasteiger partial charge is 0.315 e. The van der Waals surface area contributed by atoms with Crippen molar-refractivity contribution in [3.63, 3.8) is 0 Å². The second kappa shape index (κ2) is 7.29. The summed E-state index contributed by atoms with van der Waals surface area (Å²) in [5, 5.41) is 14.1. The molecule has 0 saturated carbocycles. The Kier molecular flexibility index (Phi) is 5.69. The quantitative estimate of drug-likeness (QED) is 0.790. The average molecular weight is 354 g/mol. The molecule has 20 heavy (non-hydrogen) atoms. The molecule has 0 unspecified atom stereocenters. The molecule has 0 saturated heterocycles. The summed E-state index contributed by atoms with van der Waals surface area (Å²) in [6, 6.07) is 6.78. The van der Waals surface area contributed by atoms with Crippen LogP contribution >= 0.6 is 27.3 Å². The number of aryl methyl sites for hydroxylation is 2. The van der Waals surface area contributed by atoms with Crippen LogP contribution in [-0.4, -0.2) is 22.8 Å². The van der Waals surface area contributed by atoms with E-state index in [4.69, 9.17) is 0 Å². The van der Waals surface area contributed by atoms with Crippen molar-refractivity contribution in [3.8, 4) is 10.6 Å². The Bertz CT molecular complexity index is 566. The molecule has 1 heterocycles. The Morgan fingerprint density at radius 2 is 2.10 bits per heavy atom. The zero-order chi connectivity index (χ0) is 14.5. The Morgan fingerprint density at radius 1 is 1.30 bits per heavy atom. The van der Waals surface area contributed by atoms with Crippen LogP contribution in [0.3, 0.4) is 0 Å². The topological polar surface area (TPSA) is 37.8 Å². The van der Waals surface area contributed by atoms with Crippen LogP contribution in [0, 0.1) is 6.92 Å². The molecule has 3 nitrogen and oxygen atoms in total. The number of rotatable bonds is 6. The lowest BCUT2D eigenvalue weighted by Gasteiger charge is -2.05. The zero-order valence-corrected chi connectivity index (χ0v) is 14.5. The van der Waals surface area contributed by atoms with E-state index in [9.17, 15) is 0 Å². The van der Waals surface area contributed by atoms with Crippen molar-refractivity contribution in [3.05, 3.63) is 33.2 Å². The number of nitrogens with zero attached hydrogens (tertiary/aromatic N) is 2. The van der Waals surface area contributed by atoms with Gasteiger partial charge in [0, 0.05) is 22.5 Å². The van der Waals surface area contributed by atoms with E-state index in [1.54, 1.807) is 11.3 Å². The maximum Gasteiger partial charge on any atom is 0.148 e. The van der Waals surface area contributed by atoms with Crippen LogP contribution in [-0.2, 0) is 6.42 Å². The molecule has 2 aromatic rings. The predicted octanol–water partition coefficient (Wildman–Crippen LogP) is 4.21. The molecule has 0 radical (unpaired) electrons. The van der Waals surface area contributed by atoms with Gasteiger partial charge in [0.25, 0.3) is 0 Å². The Hall–Kier alpha value is -0.780. The first-order valence-corrected chi connectivity index (χ1v) is 8.50. The van der Waals surface area contributed by atoms with Gasteiger partial charge in [-0.3, -0.25) is 0 Å². The van der Waals surface area contributed by atoms with Gasteiger partial charge in [-0.05, 0) is 41.4 Å². The fraction of sp³-hybridized carbons (Fsp3) is 0.467. The summed E-state index contributed by atoms with van der Waals surface area (Å²) < 4.78 is 1.11. The third-order valence-electron chi connectivity index (χ3n) is 3.01. The van der Waals surface area contributed by atoms with Crippen molar-refractivity contribution in [2.45, 2.75) is 39.7 Å². The monoisotopic (exact) mass is 353 g/mol. The highest BCUT2D eigenvalue weighted by Crippen LogP contribution is 2.32. The molecule has 0 fully saturated rings. The average Bonchev–Trinajstić information content (AvgIpc) is 2.86. The van der Waals surface area contributed by atoms with Crippen molar-refractivity contribution in [2.24, 2.45) is 0 Å². The summed E-state index contributed by atoms with van der Waals surface area (Å²) in [6.07, 6.45) is 2.09. The second-order valence-electron chi connectivity index (χ2n) is 5.15. The summed E-state index contributed by atoms with van der Waals surface area (Å²) in [7, 11) is 0. The van der Waals surface area contributed by atoms with E-state index in [0.29, 0.717) is 6.04 Å². The van der Waals surface area contributed by atoms with Gasteiger partial charge in [0.15, 0.2) is 0 Å². The van der Waals surface area contributed by atoms with Gasteiger partial charge in [-0.1, -0.05) is 43.4 Å². The highest BCUT2D eigenvalue weighted by atomic mass is 79.9. The van der Waals surface area contributed by atoms with E-state index in [1.807, 2.05) is 0 Å². The molecule has 0 aliphatic rings. The minimum atomic E-state index is 0.545. The van der Waals surface area contributed by atoms with E-state index >= 15 is 0 Å². The SMILES string of the molecule is Cc1cccc(-c2nnc(CCCNC(C)C)s2)c1Br. The Balaban J connectivity index is 2.00. The highest BCUT2D eigenvalue weighted by molar-refractivity contribution is 9.10. The summed E-state index contributed by atoms with van der Waals surface area (Å²) in [5.41, 5.74) is 2.36. The molecule has 0 amide bonds. The molecule has 2 rings (SSSR count). The Morgan fingerprint density at radius 3 is 2.85 bits per heavy atom. The minimum absolute atomic E-state index is 0.545. The van der Waals surface area contributed by atoms with Crippen LogP contribution in [0.2, 0.25) is 0 Å². The summed E-state index contributed by atoms with van der Waals surface area (Å²) in [6.45, 7) is 7.45. The van der Waals surface area contributed by atoms with Gasteiger partial charge in [-0.25, -0.2) is 0 Å². The van der Waals surface area contributed by atoms with Gasteiger partial charge in [-0.15, -0.1) is 10.2 Å². The van der Waals surface area contributed by atoms with Gasteiger partial charge in [0.1, 0.15) is 10.0 Å². The summed E-state index contributed by atoms with van der Waals surface area (Å²) in [5.74, 6) is 0. The van der Waals surface area contributed by atoms with E-state index in [1.165, 1.54) is 5.56 Å². The van der Waals surface area contributed by atoms with Crippen LogP contribution < -0.4 is 5.32 Å². The Labute approximate surface area is 133 Å². The molecule has 0 aliphatic carbocycles. The molecular formula is C15H20BrN3S. The first-order valence-electron chi connectivity index (χ1n) is 6.89. The molecule has 5 heteroatoms. The number of hydrogen-bond donors (Lipinski definition) is 1. The van der Waals surface area contributed by atoms with E-state index in [0.717, 1.165) is 39.4 Å². The third-order valence-corrected chi connectivity index (χ3v) is 5.08. The molecule has 0 bridgehead atoms. The molecular weight excluding hydrogens is 334 g/mol. The van der Waals surface area contributed by atoms with Crippen LogP contribution in [0.25, 0.3) is 10.6 Å². The van der Waals surface area contributed by atoms with Crippen LogP contribution in [0.5, 0.6) is 0 Å². The van der Waals surface area contributed by atoms with Gasteiger partial charge in [0.2, 0.25) is 0 Å². The number of nitrogens with one attached hydrogen (secondary N) is 1.